The molecule has 10 aromatic rings. The van der Waals surface area contributed by atoms with E-state index in [1.165, 1.54) is 76.5 Å². The third kappa shape index (κ3) is 4.17. The highest BCUT2D eigenvalue weighted by Gasteiger charge is 2.12. The van der Waals surface area contributed by atoms with E-state index in [2.05, 4.69) is 170 Å². The maximum absolute atomic E-state index is 6.23. The number of rotatable bonds is 3. The molecule has 218 valence electrons. The van der Waals surface area contributed by atoms with E-state index in [9.17, 15) is 0 Å². The van der Waals surface area contributed by atoms with Gasteiger partial charge in [0.25, 0.3) is 0 Å². The summed E-state index contributed by atoms with van der Waals surface area (Å²) in [7, 11) is 0. The van der Waals surface area contributed by atoms with Gasteiger partial charge >= 0.3 is 0 Å². The summed E-state index contributed by atoms with van der Waals surface area (Å²) in [6, 6.07) is 61.6. The molecule has 47 heavy (non-hydrogen) atoms. The van der Waals surface area contributed by atoms with Gasteiger partial charge in [0.1, 0.15) is 11.2 Å². The predicted molar refractivity (Wildman–Crippen MR) is 200 cm³/mol. The van der Waals surface area contributed by atoms with Crippen LogP contribution in [0.3, 0.4) is 0 Å². The van der Waals surface area contributed by atoms with Crippen molar-refractivity contribution in [3.05, 3.63) is 170 Å². The highest BCUT2D eigenvalue weighted by molar-refractivity contribution is 6.25. The average Bonchev–Trinajstić information content (AvgIpc) is 3.52. The molecule has 0 unspecified atom stereocenters. The predicted octanol–water partition coefficient (Wildman–Crippen LogP) is 13.2. The minimum atomic E-state index is 0.913. The lowest BCUT2D eigenvalue weighted by Gasteiger charge is -2.12. The Balaban J connectivity index is 1.05. The van der Waals surface area contributed by atoms with E-state index in [1.807, 2.05) is 0 Å². The molecule has 10 rings (SSSR count). The Morgan fingerprint density at radius 1 is 0.234 bits per heavy atom. The molecular weight excluding hydrogens is 569 g/mol. The zero-order valence-electron chi connectivity index (χ0n) is 25.6. The molecule has 0 amide bonds. The molecule has 0 atom stereocenters. The summed E-state index contributed by atoms with van der Waals surface area (Å²) in [6.45, 7) is 0. The van der Waals surface area contributed by atoms with Crippen molar-refractivity contribution in [3.8, 4) is 33.4 Å². The number of fused-ring (bicyclic) bond motifs is 10. The molecule has 1 nitrogen and oxygen atoms in total. The van der Waals surface area contributed by atoms with E-state index < -0.39 is 0 Å². The van der Waals surface area contributed by atoms with Gasteiger partial charge in [0, 0.05) is 10.8 Å². The average molecular weight is 597 g/mol. The van der Waals surface area contributed by atoms with E-state index in [-0.39, 0.29) is 0 Å². The van der Waals surface area contributed by atoms with Crippen LogP contribution in [0, 0.1) is 0 Å². The summed E-state index contributed by atoms with van der Waals surface area (Å²) in [4.78, 5) is 0. The summed E-state index contributed by atoms with van der Waals surface area (Å²) < 4.78 is 6.23. The van der Waals surface area contributed by atoms with Gasteiger partial charge < -0.3 is 4.42 Å². The molecule has 0 aliphatic rings. The molecular formula is C46H28O. The van der Waals surface area contributed by atoms with Gasteiger partial charge in [-0.1, -0.05) is 127 Å². The quantitative estimate of drug-likeness (QED) is 0.185. The maximum atomic E-state index is 6.23. The molecule has 0 radical (unpaired) electrons. The Labute approximate surface area is 271 Å². The fraction of sp³-hybridized carbons (Fsp3) is 0. The van der Waals surface area contributed by atoms with E-state index in [0.29, 0.717) is 0 Å². The Kier molecular flexibility index (Phi) is 5.64. The van der Waals surface area contributed by atoms with Gasteiger partial charge in [0.05, 0.1) is 0 Å². The molecule has 0 saturated carbocycles. The molecule has 9 aromatic carbocycles. The lowest BCUT2D eigenvalue weighted by Crippen LogP contribution is -1.85. The summed E-state index contributed by atoms with van der Waals surface area (Å²) in [5, 5.41) is 12.6. The van der Waals surface area contributed by atoms with Crippen molar-refractivity contribution in [1.82, 2.24) is 0 Å². The fourth-order valence-electron chi connectivity index (χ4n) is 7.46. The van der Waals surface area contributed by atoms with Crippen LogP contribution in [0.15, 0.2) is 174 Å². The summed E-state index contributed by atoms with van der Waals surface area (Å²) >= 11 is 0. The smallest absolute Gasteiger partial charge is 0.135 e. The van der Waals surface area contributed by atoms with Crippen LogP contribution in [-0.4, -0.2) is 0 Å². The van der Waals surface area contributed by atoms with Crippen LogP contribution in [0.1, 0.15) is 0 Å². The van der Waals surface area contributed by atoms with Crippen LogP contribution in [0.4, 0.5) is 0 Å². The fourth-order valence-corrected chi connectivity index (χ4v) is 7.46. The third-order valence-corrected chi connectivity index (χ3v) is 9.83. The lowest BCUT2D eigenvalue weighted by molar-refractivity contribution is 0.669. The van der Waals surface area contributed by atoms with Crippen molar-refractivity contribution in [2.75, 3.05) is 0 Å². The first kappa shape index (κ1) is 26.1. The molecule has 0 bridgehead atoms. The molecule has 0 spiro atoms. The first-order chi connectivity index (χ1) is 23.3. The second-order valence-corrected chi connectivity index (χ2v) is 12.5. The Morgan fingerprint density at radius 3 is 1.17 bits per heavy atom. The van der Waals surface area contributed by atoms with Crippen LogP contribution < -0.4 is 0 Å². The SMILES string of the molecule is c1ccc(-c2ccc3oc4ccc(-c5ccc6cc(-c7ccc8c9ccccc9c9ccccc9c8c7)ccc6c5)cc4c3c2)cc1. The Bertz CT molecular complexity index is 2800. The number of hydrogen-bond acceptors (Lipinski definition) is 1. The van der Waals surface area contributed by atoms with E-state index >= 15 is 0 Å². The summed E-state index contributed by atoms with van der Waals surface area (Å²) in [6.07, 6.45) is 0. The van der Waals surface area contributed by atoms with Crippen LogP contribution in [0.5, 0.6) is 0 Å². The number of benzene rings is 9. The van der Waals surface area contributed by atoms with Gasteiger partial charge in [-0.25, -0.2) is 0 Å². The Morgan fingerprint density at radius 2 is 0.617 bits per heavy atom. The van der Waals surface area contributed by atoms with Gasteiger partial charge in [-0.3, -0.25) is 0 Å². The molecule has 1 heteroatoms. The van der Waals surface area contributed by atoms with Gasteiger partial charge in [-0.15, -0.1) is 0 Å². The highest BCUT2D eigenvalue weighted by atomic mass is 16.3. The van der Waals surface area contributed by atoms with Gasteiger partial charge in [0.2, 0.25) is 0 Å². The maximum Gasteiger partial charge on any atom is 0.135 e. The minimum absolute atomic E-state index is 0.913. The zero-order valence-corrected chi connectivity index (χ0v) is 25.6. The highest BCUT2D eigenvalue weighted by Crippen LogP contribution is 2.39. The topological polar surface area (TPSA) is 13.1 Å². The van der Waals surface area contributed by atoms with Crippen LogP contribution in [0.25, 0.3) is 98.4 Å². The first-order valence-corrected chi connectivity index (χ1v) is 16.2. The van der Waals surface area contributed by atoms with E-state index in [0.717, 1.165) is 21.9 Å². The minimum Gasteiger partial charge on any atom is -0.456 e. The number of hydrogen-bond donors (Lipinski definition) is 0. The second kappa shape index (κ2) is 10.2. The number of furan rings is 1. The summed E-state index contributed by atoms with van der Waals surface area (Å²) in [5.41, 5.74) is 9.07. The van der Waals surface area contributed by atoms with Crippen molar-refractivity contribution in [1.29, 1.82) is 0 Å². The van der Waals surface area contributed by atoms with Crippen LogP contribution in [-0.2, 0) is 0 Å². The van der Waals surface area contributed by atoms with Crippen molar-refractivity contribution >= 4 is 65.0 Å². The molecule has 0 N–H and O–H groups in total. The van der Waals surface area contributed by atoms with Crippen LogP contribution >= 0.6 is 0 Å². The van der Waals surface area contributed by atoms with Gasteiger partial charge in [-0.2, -0.15) is 0 Å². The Hall–Kier alpha value is -6.18. The van der Waals surface area contributed by atoms with Gasteiger partial charge in [-0.05, 0) is 119 Å². The molecule has 1 aromatic heterocycles. The third-order valence-electron chi connectivity index (χ3n) is 9.83. The molecule has 0 saturated heterocycles. The lowest BCUT2D eigenvalue weighted by atomic mass is 9.91. The standard InChI is InChI=1S/C46H28O/c1-2-8-29(9-3-1)34-19-22-45-43(27-34)44-28-36(20-23-46(44)47-45)33-17-15-30-24-32(16-14-31(30)25-33)35-18-21-41-39-12-5-4-10-37(39)38-11-6-7-13-40(38)42(41)26-35/h1-28H. The van der Waals surface area contributed by atoms with Crippen LogP contribution in [0.2, 0.25) is 0 Å². The van der Waals surface area contributed by atoms with Crippen molar-refractivity contribution in [2.24, 2.45) is 0 Å². The normalized spacial score (nSPS) is 11.8. The first-order valence-electron chi connectivity index (χ1n) is 16.2. The molecule has 0 fully saturated rings. The largest absolute Gasteiger partial charge is 0.456 e. The van der Waals surface area contributed by atoms with Crippen molar-refractivity contribution in [3.63, 3.8) is 0 Å². The molecule has 0 aliphatic heterocycles. The monoisotopic (exact) mass is 596 g/mol. The molecule has 0 aliphatic carbocycles. The van der Waals surface area contributed by atoms with E-state index in [1.54, 1.807) is 0 Å². The summed E-state index contributed by atoms with van der Waals surface area (Å²) in [5.74, 6) is 0. The second-order valence-electron chi connectivity index (χ2n) is 12.5. The zero-order chi connectivity index (χ0) is 30.9. The van der Waals surface area contributed by atoms with E-state index in [4.69, 9.17) is 4.42 Å². The van der Waals surface area contributed by atoms with Crippen molar-refractivity contribution in [2.45, 2.75) is 0 Å². The molecule has 1 heterocycles. The van der Waals surface area contributed by atoms with Crippen molar-refractivity contribution < 1.29 is 4.42 Å². The van der Waals surface area contributed by atoms with Gasteiger partial charge in [0.15, 0.2) is 0 Å².